The topological polar surface area (TPSA) is 85.2 Å². The molecule has 1 aromatic carbocycles. The standard InChI is InChI=1S/C14H17BrO6/c1-19-12-10(16)14(18)20-9(7-15)11(12)21-13(17)8-5-3-2-4-6-8/h2-6,9-12,14,16,18H,7H2,1H3/t9-,10-,11-,12-,14+/m1/s1. The monoisotopic (exact) mass is 360 g/mol. The summed E-state index contributed by atoms with van der Waals surface area (Å²) >= 11 is 3.24. The molecule has 2 N–H and O–H groups in total. The highest BCUT2D eigenvalue weighted by Gasteiger charge is 2.46. The molecule has 7 heteroatoms. The van der Waals surface area contributed by atoms with Crippen molar-refractivity contribution in [1.29, 1.82) is 0 Å². The Balaban J connectivity index is 2.16. The lowest BCUT2D eigenvalue weighted by molar-refractivity contribution is -0.280. The number of aliphatic hydroxyl groups is 2. The van der Waals surface area contributed by atoms with Crippen LogP contribution in [0.15, 0.2) is 30.3 Å². The number of benzene rings is 1. The number of esters is 1. The molecule has 1 aliphatic rings. The summed E-state index contributed by atoms with van der Waals surface area (Å²) in [6, 6.07) is 8.50. The number of halogens is 1. The van der Waals surface area contributed by atoms with Crippen LogP contribution in [0.1, 0.15) is 10.4 Å². The molecule has 1 aliphatic heterocycles. The number of carbonyl (C=O) groups is 1. The number of hydrogen-bond acceptors (Lipinski definition) is 6. The Labute approximate surface area is 130 Å². The summed E-state index contributed by atoms with van der Waals surface area (Å²) in [5.41, 5.74) is 0.390. The summed E-state index contributed by atoms with van der Waals surface area (Å²) in [6.07, 6.45) is -5.01. The zero-order chi connectivity index (χ0) is 15.4. The van der Waals surface area contributed by atoms with Gasteiger partial charge in [-0.3, -0.25) is 0 Å². The van der Waals surface area contributed by atoms with Crippen LogP contribution in [0.3, 0.4) is 0 Å². The minimum atomic E-state index is -1.39. The molecule has 0 aliphatic carbocycles. The van der Waals surface area contributed by atoms with Crippen LogP contribution >= 0.6 is 15.9 Å². The van der Waals surface area contributed by atoms with E-state index in [2.05, 4.69) is 15.9 Å². The third-order valence-corrected chi connectivity index (χ3v) is 3.95. The Morgan fingerprint density at radius 2 is 1.95 bits per heavy atom. The van der Waals surface area contributed by atoms with Crippen LogP contribution in [0.4, 0.5) is 0 Å². The van der Waals surface area contributed by atoms with Gasteiger partial charge in [-0.2, -0.15) is 0 Å². The first-order valence-electron chi connectivity index (χ1n) is 6.45. The fourth-order valence-corrected chi connectivity index (χ4v) is 2.73. The van der Waals surface area contributed by atoms with Crippen LogP contribution in [-0.2, 0) is 14.2 Å². The molecule has 0 radical (unpaired) electrons. The van der Waals surface area contributed by atoms with Gasteiger partial charge in [0.15, 0.2) is 12.4 Å². The summed E-state index contributed by atoms with van der Waals surface area (Å²) in [5, 5.41) is 19.9. The van der Waals surface area contributed by atoms with Gasteiger partial charge in [-0.05, 0) is 12.1 Å². The van der Waals surface area contributed by atoms with Crippen molar-refractivity contribution < 1.29 is 29.2 Å². The molecular formula is C14H17BrO6. The van der Waals surface area contributed by atoms with Crippen molar-refractivity contribution in [3.8, 4) is 0 Å². The van der Waals surface area contributed by atoms with Gasteiger partial charge in [0.2, 0.25) is 0 Å². The van der Waals surface area contributed by atoms with Crippen LogP contribution in [-0.4, -0.2) is 59.3 Å². The Bertz CT molecular complexity index is 468. The Morgan fingerprint density at radius 1 is 1.29 bits per heavy atom. The number of rotatable bonds is 4. The second kappa shape index (κ2) is 7.33. The first-order chi connectivity index (χ1) is 10.1. The second-order valence-electron chi connectivity index (χ2n) is 4.65. The number of alkyl halides is 1. The van der Waals surface area contributed by atoms with Crippen molar-refractivity contribution in [1.82, 2.24) is 0 Å². The molecule has 0 unspecified atom stereocenters. The third kappa shape index (κ3) is 3.61. The van der Waals surface area contributed by atoms with E-state index >= 15 is 0 Å². The minimum absolute atomic E-state index is 0.323. The SMILES string of the molecule is CO[C@@H]1[C@@H](O)[C@@H](O)O[C@H](CBr)[C@H]1OC(=O)c1ccccc1. The highest BCUT2D eigenvalue weighted by Crippen LogP contribution is 2.26. The van der Waals surface area contributed by atoms with Gasteiger partial charge in [-0.15, -0.1) is 0 Å². The largest absolute Gasteiger partial charge is 0.453 e. The maximum Gasteiger partial charge on any atom is 0.338 e. The Hall–Kier alpha value is -0.990. The predicted molar refractivity (Wildman–Crippen MR) is 77.1 cm³/mol. The van der Waals surface area contributed by atoms with Crippen molar-refractivity contribution in [2.75, 3.05) is 12.4 Å². The summed E-state index contributed by atoms with van der Waals surface area (Å²) in [5.74, 6) is -0.541. The van der Waals surface area contributed by atoms with Crippen molar-refractivity contribution in [2.24, 2.45) is 0 Å². The van der Waals surface area contributed by atoms with Crippen molar-refractivity contribution in [3.63, 3.8) is 0 Å². The average Bonchev–Trinajstić information content (AvgIpc) is 2.51. The van der Waals surface area contributed by atoms with Crippen LogP contribution in [0.5, 0.6) is 0 Å². The van der Waals surface area contributed by atoms with Gasteiger partial charge in [0.05, 0.1) is 5.56 Å². The molecule has 1 fully saturated rings. The molecule has 0 saturated carbocycles. The van der Waals surface area contributed by atoms with E-state index in [4.69, 9.17) is 14.2 Å². The lowest BCUT2D eigenvalue weighted by atomic mass is 9.99. The van der Waals surface area contributed by atoms with E-state index < -0.39 is 36.7 Å². The highest BCUT2D eigenvalue weighted by atomic mass is 79.9. The lowest BCUT2D eigenvalue weighted by Gasteiger charge is -2.41. The van der Waals surface area contributed by atoms with Gasteiger partial charge in [-0.25, -0.2) is 4.79 Å². The van der Waals surface area contributed by atoms with E-state index in [1.807, 2.05) is 0 Å². The molecule has 0 amide bonds. The summed E-state index contributed by atoms with van der Waals surface area (Å²) in [4.78, 5) is 12.1. The van der Waals surface area contributed by atoms with E-state index in [0.29, 0.717) is 10.9 Å². The van der Waals surface area contributed by atoms with Crippen LogP contribution in [0.25, 0.3) is 0 Å². The molecule has 116 valence electrons. The van der Waals surface area contributed by atoms with Crippen molar-refractivity contribution in [2.45, 2.75) is 30.7 Å². The zero-order valence-corrected chi connectivity index (χ0v) is 13.0. The maximum atomic E-state index is 12.1. The van der Waals surface area contributed by atoms with Gasteiger partial charge >= 0.3 is 5.97 Å². The number of carbonyl (C=O) groups excluding carboxylic acids is 1. The first kappa shape index (κ1) is 16.4. The molecule has 5 atom stereocenters. The van der Waals surface area contributed by atoms with E-state index in [0.717, 1.165) is 0 Å². The molecule has 21 heavy (non-hydrogen) atoms. The van der Waals surface area contributed by atoms with E-state index in [1.165, 1.54) is 7.11 Å². The maximum absolute atomic E-state index is 12.1. The molecule has 0 spiro atoms. The smallest absolute Gasteiger partial charge is 0.338 e. The van der Waals surface area contributed by atoms with E-state index in [1.54, 1.807) is 30.3 Å². The normalized spacial score (nSPS) is 32.7. The summed E-state index contributed by atoms with van der Waals surface area (Å²) in [6.45, 7) is 0. The first-order valence-corrected chi connectivity index (χ1v) is 7.57. The molecular weight excluding hydrogens is 344 g/mol. The molecule has 1 heterocycles. The van der Waals surface area contributed by atoms with E-state index in [9.17, 15) is 15.0 Å². The number of hydrogen-bond donors (Lipinski definition) is 2. The quantitative estimate of drug-likeness (QED) is 0.607. The van der Waals surface area contributed by atoms with Gasteiger partial charge in [0, 0.05) is 12.4 Å². The predicted octanol–water partition coefficient (Wildman–Crippen LogP) is 0.700. The molecule has 6 nitrogen and oxygen atoms in total. The minimum Gasteiger partial charge on any atom is -0.453 e. The highest BCUT2D eigenvalue weighted by molar-refractivity contribution is 9.09. The fourth-order valence-electron chi connectivity index (χ4n) is 2.21. The second-order valence-corrected chi connectivity index (χ2v) is 5.29. The van der Waals surface area contributed by atoms with E-state index in [-0.39, 0.29) is 0 Å². The van der Waals surface area contributed by atoms with Gasteiger partial charge in [-0.1, -0.05) is 34.1 Å². The van der Waals surface area contributed by atoms with Gasteiger partial charge in [0.25, 0.3) is 0 Å². The number of aliphatic hydroxyl groups excluding tert-OH is 2. The van der Waals surface area contributed by atoms with Gasteiger partial charge in [0.1, 0.15) is 18.3 Å². The Morgan fingerprint density at radius 3 is 2.52 bits per heavy atom. The van der Waals surface area contributed by atoms with Crippen molar-refractivity contribution in [3.05, 3.63) is 35.9 Å². The zero-order valence-electron chi connectivity index (χ0n) is 11.4. The van der Waals surface area contributed by atoms with Crippen LogP contribution < -0.4 is 0 Å². The van der Waals surface area contributed by atoms with Crippen molar-refractivity contribution >= 4 is 21.9 Å². The van der Waals surface area contributed by atoms with Crippen LogP contribution in [0, 0.1) is 0 Å². The van der Waals surface area contributed by atoms with Crippen LogP contribution in [0.2, 0.25) is 0 Å². The number of methoxy groups -OCH3 is 1. The number of ether oxygens (including phenoxy) is 3. The molecule has 1 aromatic rings. The average molecular weight is 361 g/mol. The lowest BCUT2D eigenvalue weighted by Crippen LogP contribution is -2.60. The summed E-state index contributed by atoms with van der Waals surface area (Å²) < 4.78 is 15.8. The summed E-state index contributed by atoms with van der Waals surface area (Å²) in [7, 11) is 1.38. The van der Waals surface area contributed by atoms with Gasteiger partial charge < -0.3 is 24.4 Å². The fraction of sp³-hybridized carbons (Fsp3) is 0.500. The third-order valence-electron chi connectivity index (χ3n) is 3.31. The molecule has 0 bridgehead atoms. The molecule has 2 rings (SSSR count). The Kier molecular flexibility index (Phi) is 5.72. The molecule has 0 aromatic heterocycles. The molecule has 1 saturated heterocycles.